The Morgan fingerprint density at radius 2 is 2.05 bits per heavy atom. The van der Waals surface area contributed by atoms with E-state index >= 15 is 0 Å². The Balaban J connectivity index is 1.60. The summed E-state index contributed by atoms with van der Waals surface area (Å²) < 4.78 is 10.6. The standard InChI is InChI=1S/C14H20O4S/c1-8(9-2-3-13(15)17-6-9)10-4-11(12-7-19-12)18-14(16)5-10/h8-12H,2-7H2,1H3. The number of hydrogen-bond acceptors (Lipinski definition) is 5. The van der Waals surface area contributed by atoms with Crippen molar-refractivity contribution in [3.05, 3.63) is 0 Å². The quantitative estimate of drug-likeness (QED) is 0.586. The molecule has 3 saturated heterocycles. The summed E-state index contributed by atoms with van der Waals surface area (Å²) in [7, 11) is 0. The lowest BCUT2D eigenvalue weighted by atomic mass is 9.75. The van der Waals surface area contributed by atoms with E-state index in [-0.39, 0.29) is 18.0 Å². The monoisotopic (exact) mass is 284 g/mol. The predicted molar refractivity (Wildman–Crippen MR) is 71.7 cm³/mol. The van der Waals surface area contributed by atoms with Crippen LogP contribution >= 0.6 is 11.8 Å². The zero-order chi connectivity index (χ0) is 13.4. The fraction of sp³-hybridized carbons (Fsp3) is 0.857. The van der Waals surface area contributed by atoms with E-state index in [2.05, 4.69) is 6.92 Å². The van der Waals surface area contributed by atoms with Crippen LogP contribution in [-0.4, -0.2) is 35.7 Å². The van der Waals surface area contributed by atoms with E-state index in [1.807, 2.05) is 11.8 Å². The van der Waals surface area contributed by atoms with Gasteiger partial charge in [-0.25, -0.2) is 0 Å². The first-order chi connectivity index (χ1) is 9.13. The van der Waals surface area contributed by atoms with Gasteiger partial charge in [0.15, 0.2) is 0 Å². The highest BCUT2D eigenvalue weighted by atomic mass is 32.2. The van der Waals surface area contributed by atoms with Gasteiger partial charge >= 0.3 is 11.9 Å². The lowest BCUT2D eigenvalue weighted by Gasteiger charge is -2.37. The lowest BCUT2D eigenvalue weighted by Crippen LogP contribution is -2.39. The second-order valence-corrected chi connectivity index (χ2v) is 7.21. The summed E-state index contributed by atoms with van der Waals surface area (Å²) in [6.45, 7) is 2.72. The number of cyclic esters (lactones) is 2. The molecule has 19 heavy (non-hydrogen) atoms. The van der Waals surface area contributed by atoms with Gasteiger partial charge in [0.05, 0.1) is 11.9 Å². The van der Waals surface area contributed by atoms with E-state index in [4.69, 9.17) is 9.47 Å². The molecule has 0 saturated carbocycles. The minimum Gasteiger partial charge on any atom is -0.465 e. The molecule has 0 bridgehead atoms. The van der Waals surface area contributed by atoms with Gasteiger partial charge in [-0.2, -0.15) is 11.8 Å². The van der Waals surface area contributed by atoms with Crippen LogP contribution in [0.1, 0.15) is 32.6 Å². The van der Waals surface area contributed by atoms with Crippen LogP contribution in [0.4, 0.5) is 0 Å². The molecule has 0 aromatic carbocycles. The molecule has 0 aliphatic carbocycles. The predicted octanol–water partition coefficient (Wildman–Crippen LogP) is 2.01. The number of esters is 2. The number of rotatable bonds is 3. The van der Waals surface area contributed by atoms with E-state index in [0.29, 0.717) is 42.5 Å². The SMILES string of the molecule is CC(C1CCC(=O)OC1)C1CC(=O)OC(C2CS2)C1. The van der Waals surface area contributed by atoms with E-state index < -0.39 is 0 Å². The van der Waals surface area contributed by atoms with Crippen molar-refractivity contribution in [3.63, 3.8) is 0 Å². The van der Waals surface area contributed by atoms with Gasteiger partial charge in [-0.1, -0.05) is 6.92 Å². The fourth-order valence-electron chi connectivity index (χ4n) is 3.22. The minimum atomic E-state index is -0.0845. The van der Waals surface area contributed by atoms with Crippen molar-refractivity contribution in [2.75, 3.05) is 12.4 Å². The van der Waals surface area contributed by atoms with E-state index in [1.165, 1.54) is 0 Å². The smallest absolute Gasteiger partial charge is 0.306 e. The summed E-state index contributed by atoms with van der Waals surface area (Å²) in [6.07, 6.45) is 3.04. The molecule has 3 aliphatic rings. The maximum absolute atomic E-state index is 11.7. The third-order valence-corrected chi connectivity index (χ3v) is 5.71. The first kappa shape index (κ1) is 13.3. The Hall–Kier alpha value is -0.710. The summed E-state index contributed by atoms with van der Waals surface area (Å²) >= 11 is 1.88. The van der Waals surface area contributed by atoms with Crippen molar-refractivity contribution in [1.29, 1.82) is 0 Å². The van der Waals surface area contributed by atoms with Crippen LogP contribution in [0, 0.1) is 17.8 Å². The molecule has 3 rings (SSSR count). The number of hydrogen-bond donors (Lipinski definition) is 0. The zero-order valence-corrected chi connectivity index (χ0v) is 12.0. The molecule has 4 nitrogen and oxygen atoms in total. The van der Waals surface area contributed by atoms with Crippen molar-refractivity contribution in [3.8, 4) is 0 Å². The van der Waals surface area contributed by atoms with Crippen LogP contribution in [0.25, 0.3) is 0 Å². The normalized spacial score (nSPS) is 40.3. The third-order valence-electron chi connectivity index (χ3n) is 4.69. The summed E-state index contributed by atoms with van der Waals surface area (Å²) in [5.41, 5.74) is 0. The van der Waals surface area contributed by atoms with Crippen molar-refractivity contribution in [2.45, 2.75) is 44.0 Å². The average molecular weight is 284 g/mol. The Morgan fingerprint density at radius 1 is 1.26 bits per heavy atom. The van der Waals surface area contributed by atoms with Gasteiger partial charge in [0.1, 0.15) is 6.10 Å². The molecule has 5 heteroatoms. The van der Waals surface area contributed by atoms with Crippen LogP contribution in [0.15, 0.2) is 0 Å². The molecule has 0 spiro atoms. The molecule has 0 N–H and O–H groups in total. The van der Waals surface area contributed by atoms with Gasteiger partial charge in [0, 0.05) is 18.6 Å². The van der Waals surface area contributed by atoms with Crippen molar-refractivity contribution < 1.29 is 19.1 Å². The Labute approximate surface area is 117 Å². The van der Waals surface area contributed by atoms with Gasteiger partial charge in [-0.05, 0) is 30.6 Å². The van der Waals surface area contributed by atoms with Crippen LogP contribution in [0.3, 0.4) is 0 Å². The summed E-state index contributed by atoms with van der Waals surface area (Å²) in [4.78, 5) is 22.8. The highest BCUT2D eigenvalue weighted by molar-refractivity contribution is 8.06. The van der Waals surface area contributed by atoms with Crippen molar-refractivity contribution in [1.82, 2.24) is 0 Å². The zero-order valence-electron chi connectivity index (χ0n) is 11.2. The molecule has 0 amide bonds. The summed E-state index contributed by atoms with van der Waals surface area (Å²) in [6, 6.07) is 0. The second kappa shape index (κ2) is 5.35. The molecule has 106 valence electrons. The van der Waals surface area contributed by atoms with Crippen LogP contribution in [0.2, 0.25) is 0 Å². The van der Waals surface area contributed by atoms with Gasteiger partial charge in [-0.3, -0.25) is 9.59 Å². The topological polar surface area (TPSA) is 52.6 Å². The Morgan fingerprint density at radius 3 is 2.68 bits per heavy atom. The molecule has 3 heterocycles. The fourth-order valence-corrected chi connectivity index (χ4v) is 3.92. The molecule has 5 unspecified atom stereocenters. The van der Waals surface area contributed by atoms with Gasteiger partial charge < -0.3 is 9.47 Å². The van der Waals surface area contributed by atoms with Crippen LogP contribution in [-0.2, 0) is 19.1 Å². The van der Waals surface area contributed by atoms with Gasteiger partial charge in [0.25, 0.3) is 0 Å². The lowest BCUT2D eigenvalue weighted by molar-refractivity contribution is -0.160. The van der Waals surface area contributed by atoms with Crippen LogP contribution < -0.4 is 0 Å². The number of carbonyl (C=O) groups is 2. The summed E-state index contributed by atoms with van der Waals surface area (Å²) in [5, 5.41) is 0.531. The second-order valence-electron chi connectivity index (χ2n) is 5.94. The molecular formula is C14H20O4S. The number of carbonyl (C=O) groups excluding carboxylic acids is 2. The molecule has 5 atom stereocenters. The Kier molecular flexibility index (Phi) is 3.74. The largest absolute Gasteiger partial charge is 0.465 e. The number of thioether (sulfide) groups is 1. The van der Waals surface area contributed by atoms with Crippen molar-refractivity contribution in [2.24, 2.45) is 17.8 Å². The van der Waals surface area contributed by atoms with E-state index in [1.54, 1.807) is 0 Å². The molecule has 3 aliphatic heterocycles. The first-order valence-corrected chi connectivity index (χ1v) is 8.15. The van der Waals surface area contributed by atoms with Crippen LogP contribution in [0.5, 0.6) is 0 Å². The molecule has 0 aromatic rings. The third kappa shape index (κ3) is 3.07. The van der Waals surface area contributed by atoms with Gasteiger partial charge in [0.2, 0.25) is 0 Å². The van der Waals surface area contributed by atoms with Gasteiger partial charge in [-0.15, -0.1) is 0 Å². The van der Waals surface area contributed by atoms with E-state index in [9.17, 15) is 9.59 Å². The average Bonchev–Trinajstić information content (AvgIpc) is 3.22. The highest BCUT2D eigenvalue weighted by Crippen LogP contribution is 2.43. The minimum absolute atomic E-state index is 0.0478. The van der Waals surface area contributed by atoms with E-state index in [0.717, 1.165) is 18.6 Å². The summed E-state index contributed by atoms with van der Waals surface area (Å²) in [5.74, 6) is 2.20. The maximum Gasteiger partial charge on any atom is 0.306 e. The Bertz CT molecular complexity index is 370. The molecule has 0 aromatic heterocycles. The first-order valence-electron chi connectivity index (χ1n) is 7.10. The highest BCUT2D eigenvalue weighted by Gasteiger charge is 2.42. The van der Waals surface area contributed by atoms with Crippen molar-refractivity contribution >= 4 is 23.7 Å². The maximum atomic E-state index is 11.7. The molecule has 0 radical (unpaired) electrons. The molecule has 3 fully saturated rings. The number of ether oxygens (including phenoxy) is 2. The molecular weight excluding hydrogens is 264 g/mol.